The van der Waals surface area contributed by atoms with Gasteiger partial charge in [-0.05, 0) is 18.6 Å². The number of halogens is 2. The van der Waals surface area contributed by atoms with Gasteiger partial charge in [0, 0.05) is 0 Å². The molecular weight excluding hydrogens is 153 g/mol. The highest BCUT2D eigenvalue weighted by Crippen LogP contribution is 2.23. The third-order valence-electron chi connectivity index (χ3n) is 1.31. The lowest BCUT2D eigenvalue weighted by atomic mass is 10.2. The minimum Gasteiger partial charge on any atom is -0.396 e. The molecule has 0 aromatic heterocycles. The average Bonchev–Trinajstić information content (AvgIpc) is 1.93. The zero-order valence-corrected chi connectivity index (χ0v) is 6.24. The maximum Gasteiger partial charge on any atom is 0.164 e. The second kappa shape index (κ2) is 2.46. The first-order valence-electron chi connectivity index (χ1n) is 2.83. The molecule has 0 amide bonds. The molecule has 0 bridgehead atoms. The lowest BCUT2D eigenvalue weighted by Crippen LogP contribution is -1.91. The van der Waals surface area contributed by atoms with Gasteiger partial charge in [-0.25, -0.2) is 4.39 Å². The number of nitrogens with two attached hydrogens (primary N) is 1. The van der Waals surface area contributed by atoms with Crippen LogP contribution in [0.5, 0.6) is 0 Å². The third-order valence-corrected chi connectivity index (χ3v) is 1.77. The van der Waals surface area contributed by atoms with Crippen LogP contribution in [0.3, 0.4) is 0 Å². The number of rotatable bonds is 0. The quantitative estimate of drug-likeness (QED) is 0.578. The number of hydrogen-bond acceptors (Lipinski definition) is 1. The number of aryl methyl sites for hydroxylation is 1. The van der Waals surface area contributed by atoms with E-state index in [2.05, 4.69) is 0 Å². The van der Waals surface area contributed by atoms with Crippen LogP contribution in [0.4, 0.5) is 10.1 Å². The van der Waals surface area contributed by atoms with Crippen molar-refractivity contribution in [2.24, 2.45) is 0 Å². The summed E-state index contributed by atoms with van der Waals surface area (Å²) in [6, 6.07) is 3.18. The van der Waals surface area contributed by atoms with Crippen molar-refractivity contribution in [1.82, 2.24) is 0 Å². The summed E-state index contributed by atoms with van der Waals surface area (Å²) in [7, 11) is 0. The molecule has 0 aliphatic carbocycles. The molecule has 0 fully saturated rings. The SMILES string of the molecule is Cc1ccc(N)c(F)c1Cl. The van der Waals surface area contributed by atoms with E-state index in [0.717, 1.165) is 0 Å². The van der Waals surface area contributed by atoms with Crippen molar-refractivity contribution in [2.75, 3.05) is 5.73 Å². The maximum atomic E-state index is 12.7. The number of benzene rings is 1. The minimum atomic E-state index is -0.526. The van der Waals surface area contributed by atoms with Crippen LogP contribution in [0.15, 0.2) is 12.1 Å². The number of nitrogen functional groups attached to an aromatic ring is 1. The van der Waals surface area contributed by atoms with Crippen molar-refractivity contribution >= 4 is 17.3 Å². The first-order valence-corrected chi connectivity index (χ1v) is 3.21. The van der Waals surface area contributed by atoms with Crippen LogP contribution >= 0.6 is 11.6 Å². The standard InChI is InChI=1S/C7H7ClFN/c1-4-2-3-5(10)7(9)6(4)8/h2-3H,10H2,1H3. The van der Waals surface area contributed by atoms with Gasteiger partial charge >= 0.3 is 0 Å². The van der Waals surface area contributed by atoms with Crippen molar-refractivity contribution < 1.29 is 4.39 Å². The first kappa shape index (κ1) is 7.35. The molecule has 1 rings (SSSR count). The smallest absolute Gasteiger partial charge is 0.164 e. The van der Waals surface area contributed by atoms with Crippen LogP contribution in [-0.2, 0) is 0 Å². The molecule has 1 aromatic rings. The normalized spacial score (nSPS) is 9.90. The lowest BCUT2D eigenvalue weighted by Gasteiger charge is -2.00. The van der Waals surface area contributed by atoms with Crippen LogP contribution in [0.1, 0.15) is 5.56 Å². The Bertz CT molecular complexity index is 233. The van der Waals surface area contributed by atoms with Crippen LogP contribution in [0.2, 0.25) is 5.02 Å². The molecule has 1 aromatic carbocycles. The third kappa shape index (κ3) is 1.07. The molecule has 0 atom stereocenters. The topological polar surface area (TPSA) is 26.0 Å². The molecule has 0 radical (unpaired) electrons. The fraction of sp³-hybridized carbons (Fsp3) is 0.143. The molecule has 54 valence electrons. The van der Waals surface area contributed by atoms with Gasteiger partial charge in [0.05, 0.1) is 10.7 Å². The Morgan fingerprint density at radius 1 is 1.50 bits per heavy atom. The van der Waals surface area contributed by atoms with E-state index in [1.807, 2.05) is 0 Å². The van der Waals surface area contributed by atoms with Gasteiger partial charge in [-0.2, -0.15) is 0 Å². The largest absolute Gasteiger partial charge is 0.396 e. The van der Waals surface area contributed by atoms with E-state index in [9.17, 15) is 4.39 Å². The molecule has 2 N–H and O–H groups in total. The summed E-state index contributed by atoms with van der Waals surface area (Å²) in [5, 5.41) is 0.111. The van der Waals surface area contributed by atoms with Crippen molar-refractivity contribution in [3.05, 3.63) is 28.5 Å². The van der Waals surface area contributed by atoms with Crippen molar-refractivity contribution in [3.63, 3.8) is 0 Å². The fourth-order valence-electron chi connectivity index (χ4n) is 0.661. The Kier molecular flexibility index (Phi) is 1.81. The molecule has 0 aliphatic rings. The van der Waals surface area contributed by atoms with E-state index in [4.69, 9.17) is 17.3 Å². The Morgan fingerprint density at radius 2 is 2.10 bits per heavy atom. The molecule has 3 heteroatoms. The highest BCUT2D eigenvalue weighted by atomic mass is 35.5. The average molecular weight is 160 g/mol. The summed E-state index contributed by atoms with van der Waals surface area (Å²) >= 11 is 5.53. The van der Waals surface area contributed by atoms with Gasteiger partial charge < -0.3 is 5.73 Å². The van der Waals surface area contributed by atoms with Gasteiger partial charge in [0.2, 0.25) is 0 Å². The van der Waals surface area contributed by atoms with Crippen molar-refractivity contribution in [3.8, 4) is 0 Å². The van der Waals surface area contributed by atoms with Crippen molar-refractivity contribution in [1.29, 1.82) is 0 Å². The molecule has 0 saturated carbocycles. The van der Waals surface area contributed by atoms with Gasteiger partial charge in [0.15, 0.2) is 5.82 Å². The molecular formula is C7H7ClFN. The van der Waals surface area contributed by atoms with Crippen LogP contribution in [0, 0.1) is 12.7 Å². The van der Waals surface area contributed by atoms with Crippen LogP contribution in [0.25, 0.3) is 0 Å². The highest BCUT2D eigenvalue weighted by Gasteiger charge is 2.04. The summed E-state index contributed by atoms with van der Waals surface area (Å²) < 4.78 is 12.7. The molecule has 1 nitrogen and oxygen atoms in total. The van der Waals surface area contributed by atoms with E-state index in [0.29, 0.717) is 5.56 Å². The van der Waals surface area contributed by atoms with Crippen molar-refractivity contribution in [2.45, 2.75) is 6.92 Å². The van der Waals surface area contributed by atoms with Gasteiger partial charge in [0.1, 0.15) is 0 Å². The van der Waals surface area contributed by atoms with Gasteiger partial charge in [-0.15, -0.1) is 0 Å². The Hall–Kier alpha value is -0.760. The molecule has 0 spiro atoms. The van der Waals surface area contributed by atoms with E-state index < -0.39 is 5.82 Å². The van der Waals surface area contributed by atoms with Gasteiger partial charge in [-0.3, -0.25) is 0 Å². The predicted octanol–water partition coefficient (Wildman–Crippen LogP) is 2.37. The molecule has 0 aliphatic heterocycles. The van der Waals surface area contributed by atoms with E-state index in [1.54, 1.807) is 13.0 Å². The Balaban J connectivity index is 3.34. The van der Waals surface area contributed by atoms with Crippen LogP contribution in [-0.4, -0.2) is 0 Å². The van der Waals surface area contributed by atoms with Gasteiger partial charge in [-0.1, -0.05) is 17.7 Å². The van der Waals surface area contributed by atoms with E-state index in [1.165, 1.54) is 6.07 Å². The highest BCUT2D eigenvalue weighted by molar-refractivity contribution is 6.31. The second-order valence-electron chi connectivity index (χ2n) is 2.10. The van der Waals surface area contributed by atoms with E-state index in [-0.39, 0.29) is 10.7 Å². The summed E-state index contributed by atoms with van der Waals surface area (Å²) in [5.74, 6) is -0.526. The van der Waals surface area contributed by atoms with E-state index >= 15 is 0 Å². The molecule has 10 heavy (non-hydrogen) atoms. The number of anilines is 1. The summed E-state index contributed by atoms with van der Waals surface area (Å²) in [5.41, 5.74) is 6.03. The minimum absolute atomic E-state index is 0.0931. The number of hydrogen-bond donors (Lipinski definition) is 1. The zero-order valence-electron chi connectivity index (χ0n) is 5.49. The van der Waals surface area contributed by atoms with Crippen LogP contribution < -0.4 is 5.73 Å². The summed E-state index contributed by atoms with van der Waals surface area (Å²) in [6.07, 6.45) is 0. The first-order chi connectivity index (χ1) is 4.63. The second-order valence-corrected chi connectivity index (χ2v) is 2.48. The Labute approximate surface area is 63.6 Å². The summed E-state index contributed by atoms with van der Waals surface area (Å²) in [4.78, 5) is 0. The molecule has 0 saturated heterocycles. The molecule has 0 unspecified atom stereocenters. The fourth-order valence-corrected chi connectivity index (χ4v) is 0.833. The monoisotopic (exact) mass is 159 g/mol. The Morgan fingerprint density at radius 3 is 2.60 bits per heavy atom. The maximum absolute atomic E-state index is 12.7. The summed E-state index contributed by atoms with van der Waals surface area (Å²) in [6.45, 7) is 1.73. The zero-order chi connectivity index (χ0) is 7.72. The van der Waals surface area contributed by atoms with Gasteiger partial charge in [0.25, 0.3) is 0 Å². The predicted molar refractivity (Wildman–Crippen MR) is 40.6 cm³/mol. The lowest BCUT2D eigenvalue weighted by molar-refractivity contribution is 0.632. The molecule has 0 heterocycles.